The monoisotopic (exact) mass is 664 g/mol. The van der Waals surface area contributed by atoms with E-state index in [4.69, 9.17) is 5.73 Å². The number of hydrogen-bond donors (Lipinski definition) is 4. The molecule has 2 saturated heterocycles. The summed E-state index contributed by atoms with van der Waals surface area (Å²) in [6.07, 6.45) is 5.18. The van der Waals surface area contributed by atoms with E-state index >= 15 is 0 Å². The molecule has 258 valence electrons. The lowest BCUT2D eigenvalue weighted by molar-refractivity contribution is 0.0925. The van der Waals surface area contributed by atoms with Crippen LogP contribution in [-0.2, 0) is 0 Å². The minimum absolute atomic E-state index is 0.0144. The van der Waals surface area contributed by atoms with Crippen LogP contribution in [0.15, 0.2) is 73.1 Å². The van der Waals surface area contributed by atoms with Crippen molar-refractivity contribution in [1.29, 1.82) is 0 Å². The first-order valence-electron chi connectivity index (χ1n) is 17.3. The average molecular weight is 665 g/mol. The second-order valence-electron chi connectivity index (χ2n) is 13.8. The fraction of sp³-hybridized carbons (Fsp3) is 0.421. The Labute approximate surface area is 288 Å². The van der Waals surface area contributed by atoms with Crippen molar-refractivity contribution in [3.8, 4) is 0 Å². The van der Waals surface area contributed by atoms with Crippen LogP contribution in [0.4, 0.5) is 17.2 Å². The number of piperazine rings is 1. The van der Waals surface area contributed by atoms with Crippen molar-refractivity contribution < 1.29 is 14.4 Å². The molecule has 0 bridgehead atoms. The molecular weight excluding hydrogens is 616 g/mol. The lowest BCUT2D eigenvalue weighted by Gasteiger charge is -2.40. The van der Waals surface area contributed by atoms with E-state index in [0.717, 1.165) is 44.0 Å². The van der Waals surface area contributed by atoms with E-state index in [9.17, 15) is 14.4 Å². The van der Waals surface area contributed by atoms with Gasteiger partial charge in [0.25, 0.3) is 17.7 Å². The number of hydrogen-bond acceptors (Lipinski definition) is 8. The van der Waals surface area contributed by atoms with E-state index in [1.165, 1.54) is 18.5 Å². The van der Waals surface area contributed by atoms with Crippen molar-refractivity contribution in [3.05, 3.63) is 95.3 Å². The van der Waals surface area contributed by atoms with Gasteiger partial charge in [0.1, 0.15) is 5.82 Å². The van der Waals surface area contributed by atoms with Crippen molar-refractivity contribution in [1.82, 2.24) is 20.5 Å². The summed E-state index contributed by atoms with van der Waals surface area (Å²) >= 11 is 0. The number of piperidine rings is 1. The largest absolute Gasteiger partial charge is 0.384 e. The predicted octanol–water partition coefficient (Wildman–Crippen LogP) is 4.55. The molecule has 1 saturated carbocycles. The molecule has 1 aliphatic carbocycles. The van der Waals surface area contributed by atoms with E-state index in [2.05, 4.69) is 80.4 Å². The number of carbonyl (C=O) groups excluding carboxylic acids is 3. The third-order valence-electron chi connectivity index (χ3n) is 9.92. The van der Waals surface area contributed by atoms with Crippen LogP contribution in [0.2, 0.25) is 0 Å². The number of nitrogens with one attached hydrogen (secondary N) is 3. The summed E-state index contributed by atoms with van der Waals surface area (Å²) in [5.74, 6) is 0.390. The molecule has 0 radical (unpaired) electrons. The number of aromatic nitrogens is 1. The van der Waals surface area contributed by atoms with Crippen LogP contribution >= 0.6 is 0 Å². The molecule has 49 heavy (non-hydrogen) atoms. The van der Waals surface area contributed by atoms with Gasteiger partial charge < -0.3 is 36.4 Å². The van der Waals surface area contributed by atoms with Gasteiger partial charge in [-0.25, -0.2) is 4.98 Å². The van der Waals surface area contributed by atoms with Gasteiger partial charge in [-0.3, -0.25) is 14.4 Å². The highest BCUT2D eigenvalue weighted by Crippen LogP contribution is 2.31. The molecule has 11 nitrogen and oxygen atoms in total. The number of benzene rings is 2. The molecular formula is C38H48N8O3. The molecule has 1 aromatic heterocycles. The zero-order valence-electron chi connectivity index (χ0n) is 28.7. The first-order valence-corrected chi connectivity index (χ1v) is 17.3. The fourth-order valence-electron chi connectivity index (χ4n) is 6.75. The number of nitrogens with two attached hydrogens (primary N) is 1. The van der Waals surface area contributed by atoms with Gasteiger partial charge in [-0.2, -0.15) is 0 Å². The number of primary amides is 1. The number of pyridine rings is 1. The minimum Gasteiger partial charge on any atom is -0.384 e. The molecule has 6 rings (SSSR count). The van der Waals surface area contributed by atoms with Gasteiger partial charge in [-0.1, -0.05) is 18.7 Å². The summed E-state index contributed by atoms with van der Waals surface area (Å²) in [4.78, 5) is 49.8. The zero-order chi connectivity index (χ0) is 34.7. The lowest BCUT2D eigenvalue weighted by atomic mass is 9.95. The first kappa shape index (κ1) is 34.0. The number of amides is 3. The van der Waals surface area contributed by atoms with Crippen molar-refractivity contribution >= 4 is 34.9 Å². The summed E-state index contributed by atoms with van der Waals surface area (Å²) in [6.45, 7) is 13.3. The first-order chi connectivity index (χ1) is 23.5. The molecule has 3 atom stereocenters. The number of nitrogens with zero attached hydrogens (tertiary/aromatic N) is 4. The Bertz CT molecular complexity index is 1680. The molecule has 3 amide bonds. The fourth-order valence-corrected chi connectivity index (χ4v) is 6.75. The number of carbonyl (C=O) groups is 3. The summed E-state index contributed by atoms with van der Waals surface area (Å²) in [7, 11) is 2.15. The van der Waals surface area contributed by atoms with Crippen molar-refractivity contribution in [2.45, 2.75) is 57.7 Å². The highest BCUT2D eigenvalue weighted by molar-refractivity contribution is 6.02. The molecule has 3 heterocycles. The van der Waals surface area contributed by atoms with Gasteiger partial charge in [-0.15, -0.1) is 0 Å². The number of anilines is 3. The molecule has 0 spiro atoms. The van der Waals surface area contributed by atoms with E-state index in [0.29, 0.717) is 47.0 Å². The molecule has 3 fully saturated rings. The van der Waals surface area contributed by atoms with Gasteiger partial charge in [0.2, 0.25) is 0 Å². The molecule has 2 aliphatic heterocycles. The summed E-state index contributed by atoms with van der Waals surface area (Å²) in [5.41, 5.74) is 10.6. The summed E-state index contributed by atoms with van der Waals surface area (Å²) < 4.78 is 0. The second-order valence-corrected chi connectivity index (χ2v) is 13.8. The molecule has 3 aromatic rings. The number of likely N-dealkylation sites (N-methyl/N-ethyl adjacent to an activating group) is 1. The second kappa shape index (κ2) is 14.7. The Morgan fingerprint density at radius 1 is 0.980 bits per heavy atom. The molecule has 3 aliphatic rings. The summed E-state index contributed by atoms with van der Waals surface area (Å²) in [6, 6.07) is 16.8. The van der Waals surface area contributed by atoms with Crippen LogP contribution in [0.1, 0.15) is 82.2 Å². The van der Waals surface area contributed by atoms with Crippen molar-refractivity contribution in [2.24, 2.45) is 11.7 Å². The third-order valence-corrected chi connectivity index (χ3v) is 9.92. The maximum atomic E-state index is 13.3. The Morgan fingerprint density at radius 3 is 2.33 bits per heavy atom. The molecule has 5 N–H and O–H groups in total. The normalized spacial score (nSPS) is 20.4. The highest BCUT2D eigenvalue weighted by atomic mass is 16.2. The van der Waals surface area contributed by atoms with Crippen LogP contribution in [-0.4, -0.2) is 79.5 Å². The third kappa shape index (κ3) is 8.22. The van der Waals surface area contributed by atoms with Crippen LogP contribution in [0.5, 0.6) is 0 Å². The van der Waals surface area contributed by atoms with Gasteiger partial charge in [-0.05, 0) is 94.1 Å². The van der Waals surface area contributed by atoms with Crippen molar-refractivity contribution in [3.63, 3.8) is 0 Å². The SMILES string of the molecule is C=C1CC(NC(=O)c2ccc(C(N)=O)c(NCC3CC3)c2)CC(C)N1c1ccc(C(=O)NC(C)c2ccc(N3CCN(C)CC3)cc2)cn1. The van der Waals surface area contributed by atoms with Crippen LogP contribution in [0.3, 0.4) is 0 Å². The van der Waals surface area contributed by atoms with E-state index in [-0.39, 0.29) is 29.9 Å². The summed E-state index contributed by atoms with van der Waals surface area (Å²) in [5, 5.41) is 9.55. The number of rotatable bonds is 11. The van der Waals surface area contributed by atoms with Gasteiger partial charge in [0.15, 0.2) is 0 Å². The maximum absolute atomic E-state index is 13.3. The van der Waals surface area contributed by atoms with E-state index < -0.39 is 5.91 Å². The average Bonchev–Trinajstić information content (AvgIpc) is 3.92. The Morgan fingerprint density at radius 2 is 1.69 bits per heavy atom. The van der Waals surface area contributed by atoms with E-state index in [1.807, 2.05) is 13.0 Å². The van der Waals surface area contributed by atoms with Crippen molar-refractivity contribution in [2.75, 3.05) is 54.9 Å². The minimum atomic E-state index is -0.526. The van der Waals surface area contributed by atoms with Gasteiger partial charge in [0.05, 0.1) is 17.2 Å². The molecule has 11 heteroatoms. The van der Waals surface area contributed by atoms with E-state index in [1.54, 1.807) is 30.5 Å². The van der Waals surface area contributed by atoms with Crippen LogP contribution in [0.25, 0.3) is 0 Å². The van der Waals surface area contributed by atoms with Crippen LogP contribution < -0.4 is 31.5 Å². The maximum Gasteiger partial charge on any atom is 0.253 e. The topological polar surface area (TPSA) is 136 Å². The quantitative estimate of drug-likeness (QED) is 0.235. The van der Waals surface area contributed by atoms with Crippen LogP contribution in [0, 0.1) is 5.92 Å². The smallest absolute Gasteiger partial charge is 0.253 e. The zero-order valence-corrected chi connectivity index (χ0v) is 28.7. The predicted molar refractivity (Wildman–Crippen MR) is 194 cm³/mol. The van der Waals surface area contributed by atoms with Gasteiger partial charge in [0, 0.05) is 80.1 Å². The standard InChI is InChI=1S/C38H48N8O3/c1-24-19-31(43-37(48)29-9-13-33(36(39)47)34(21-29)40-22-27-5-6-27)20-25(2)46(24)35-14-10-30(23-41-35)38(49)42-26(3)28-7-11-32(12-8-28)45-17-15-44(4)16-18-45/h7-14,21,23,25-27,31,40H,1,5-6,15-20,22H2,2-4H3,(H2,39,47)(H,42,49)(H,43,48). The van der Waals surface area contributed by atoms with Gasteiger partial charge >= 0.3 is 0 Å². The lowest BCUT2D eigenvalue weighted by Crippen LogP contribution is -2.47. The highest BCUT2D eigenvalue weighted by Gasteiger charge is 2.31. The Balaban J connectivity index is 1.02. The Kier molecular flexibility index (Phi) is 10.2. The molecule has 2 aromatic carbocycles. The Hall–Kier alpha value is -4.90. The molecule has 3 unspecified atom stereocenters.